The molecule has 1 saturated heterocycles. The maximum absolute atomic E-state index is 13.6. The van der Waals surface area contributed by atoms with Crippen molar-refractivity contribution in [3.05, 3.63) is 57.5 Å². The number of rotatable bonds is 5. The molecule has 0 radical (unpaired) electrons. The van der Waals surface area contributed by atoms with Crippen LogP contribution in [0.1, 0.15) is 20.0 Å². The van der Waals surface area contributed by atoms with Crippen molar-refractivity contribution in [3.63, 3.8) is 0 Å². The molecule has 0 saturated carbocycles. The minimum Gasteiger partial charge on any atom is -0.351 e. The molecule has 1 aliphatic rings. The molecule has 2 amide bonds. The van der Waals surface area contributed by atoms with Crippen LogP contribution in [0.15, 0.2) is 29.6 Å². The average Bonchev–Trinajstić information content (AvgIpc) is 3.21. The molecule has 2 aromatic rings. The zero-order valence-electron chi connectivity index (χ0n) is 14.4. The van der Waals surface area contributed by atoms with Crippen LogP contribution in [0, 0.1) is 17.5 Å². The lowest BCUT2D eigenvalue weighted by molar-refractivity contribution is 0.0642. The summed E-state index contributed by atoms with van der Waals surface area (Å²) in [5, 5.41) is 4.36. The zero-order chi connectivity index (χ0) is 19.4. The molecule has 0 atom stereocenters. The molecule has 1 aromatic carbocycles. The number of thiophene rings is 1. The molecule has 5 nitrogen and oxygen atoms in total. The van der Waals surface area contributed by atoms with Gasteiger partial charge >= 0.3 is 0 Å². The van der Waals surface area contributed by atoms with Crippen molar-refractivity contribution in [3.8, 4) is 0 Å². The van der Waals surface area contributed by atoms with Crippen LogP contribution in [-0.4, -0.2) is 60.9 Å². The lowest BCUT2D eigenvalue weighted by Gasteiger charge is -2.34. The second-order valence-electron chi connectivity index (χ2n) is 6.09. The van der Waals surface area contributed by atoms with Crippen molar-refractivity contribution in [2.75, 3.05) is 39.3 Å². The van der Waals surface area contributed by atoms with Crippen molar-refractivity contribution in [1.82, 2.24) is 15.1 Å². The van der Waals surface area contributed by atoms with Gasteiger partial charge in [-0.2, -0.15) is 0 Å². The van der Waals surface area contributed by atoms with E-state index in [1.165, 1.54) is 11.3 Å². The van der Waals surface area contributed by atoms with Crippen molar-refractivity contribution >= 4 is 23.2 Å². The highest BCUT2D eigenvalue weighted by molar-refractivity contribution is 7.12. The quantitative estimate of drug-likeness (QED) is 0.789. The first-order valence-electron chi connectivity index (χ1n) is 8.44. The first-order valence-corrected chi connectivity index (χ1v) is 9.32. The van der Waals surface area contributed by atoms with E-state index in [0.29, 0.717) is 37.6 Å². The first kappa shape index (κ1) is 19.4. The van der Waals surface area contributed by atoms with Gasteiger partial charge in [0.15, 0.2) is 17.5 Å². The molecule has 1 fully saturated rings. The van der Waals surface area contributed by atoms with E-state index in [9.17, 15) is 22.8 Å². The number of hydrogen-bond acceptors (Lipinski definition) is 4. The summed E-state index contributed by atoms with van der Waals surface area (Å²) in [6.45, 7) is 3.23. The Morgan fingerprint density at radius 1 is 1.04 bits per heavy atom. The van der Waals surface area contributed by atoms with Gasteiger partial charge < -0.3 is 10.2 Å². The Hall–Kier alpha value is -2.39. The fraction of sp³-hybridized carbons (Fsp3) is 0.333. The van der Waals surface area contributed by atoms with Gasteiger partial charge in [0.2, 0.25) is 0 Å². The van der Waals surface area contributed by atoms with Crippen LogP contribution in [-0.2, 0) is 0 Å². The van der Waals surface area contributed by atoms with Crippen LogP contribution in [0.2, 0.25) is 0 Å². The predicted octanol–water partition coefficient (Wildman–Crippen LogP) is 2.35. The van der Waals surface area contributed by atoms with Gasteiger partial charge in [-0.05, 0) is 23.6 Å². The van der Waals surface area contributed by atoms with Gasteiger partial charge in [-0.15, -0.1) is 11.3 Å². The largest absolute Gasteiger partial charge is 0.351 e. The topological polar surface area (TPSA) is 52.7 Å². The third kappa shape index (κ3) is 4.48. The second kappa shape index (κ2) is 8.53. The summed E-state index contributed by atoms with van der Waals surface area (Å²) in [6.07, 6.45) is 0. The minimum absolute atomic E-state index is 0.0202. The Morgan fingerprint density at radius 3 is 2.44 bits per heavy atom. The van der Waals surface area contributed by atoms with E-state index < -0.39 is 28.9 Å². The molecule has 0 bridgehead atoms. The van der Waals surface area contributed by atoms with Gasteiger partial charge in [0.25, 0.3) is 11.8 Å². The maximum atomic E-state index is 13.6. The van der Waals surface area contributed by atoms with Gasteiger partial charge in [0.05, 0.1) is 10.4 Å². The summed E-state index contributed by atoms with van der Waals surface area (Å²) in [6, 6.07) is 5.27. The van der Waals surface area contributed by atoms with E-state index in [2.05, 4.69) is 10.2 Å². The van der Waals surface area contributed by atoms with Crippen LogP contribution in [0.25, 0.3) is 0 Å². The van der Waals surface area contributed by atoms with Crippen molar-refractivity contribution in [2.45, 2.75) is 0 Å². The summed E-state index contributed by atoms with van der Waals surface area (Å²) >= 11 is 1.41. The normalized spacial score (nSPS) is 15.0. The third-order valence-corrected chi connectivity index (χ3v) is 5.24. The van der Waals surface area contributed by atoms with Gasteiger partial charge in [0.1, 0.15) is 0 Å². The highest BCUT2D eigenvalue weighted by atomic mass is 32.1. The Kier molecular flexibility index (Phi) is 6.12. The molecule has 0 unspecified atom stereocenters. The second-order valence-corrected chi connectivity index (χ2v) is 7.04. The standard InChI is InChI=1S/C18H18F3N3O2S/c19-13-4-3-12(15(20)16(13)21)17(25)22-5-6-23-7-9-24(10-8-23)18(26)14-2-1-11-27-14/h1-4,11H,5-10H2,(H,22,25). The Morgan fingerprint density at radius 2 is 1.78 bits per heavy atom. The number of benzene rings is 1. The molecule has 0 spiro atoms. The number of halogens is 3. The van der Waals surface area contributed by atoms with Gasteiger partial charge in [-0.1, -0.05) is 6.07 Å². The minimum atomic E-state index is -1.66. The fourth-order valence-corrected chi connectivity index (χ4v) is 3.55. The number of amides is 2. The van der Waals surface area contributed by atoms with E-state index in [4.69, 9.17) is 0 Å². The van der Waals surface area contributed by atoms with E-state index >= 15 is 0 Å². The predicted molar refractivity (Wildman–Crippen MR) is 95.3 cm³/mol. The van der Waals surface area contributed by atoms with Crippen molar-refractivity contribution in [2.24, 2.45) is 0 Å². The highest BCUT2D eigenvalue weighted by Crippen LogP contribution is 2.15. The molecule has 2 heterocycles. The monoisotopic (exact) mass is 397 g/mol. The first-order chi connectivity index (χ1) is 13.0. The molecular formula is C18H18F3N3O2S. The summed E-state index contributed by atoms with van der Waals surface area (Å²) < 4.78 is 39.7. The summed E-state index contributed by atoms with van der Waals surface area (Å²) in [5.74, 6) is -5.26. The van der Waals surface area contributed by atoms with E-state index in [1.807, 2.05) is 11.4 Å². The van der Waals surface area contributed by atoms with Gasteiger partial charge in [-0.3, -0.25) is 14.5 Å². The molecule has 1 aliphatic heterocycles. The molecule has 27 heavy (non-hydrogen) atoms. The summed E-state index contributed by atoms with van der Waals surface area (Å²) in [4.78, 5) is 28.8. The Bertz CT molecular complexity index is 822. The van der Waals surface area contributed by atoms with Crippen LogP contribution in [0.3, 0.4) is 0 Å². The number of nitrogens with one attached hydrogen (secondary N) is 1. The van der Waals surface area contributed by atoms with Crippen LogP contribution in [0.5, 0.6) is 0 Å². The fourth-order valence-electron chi connectivity index (χ4n) is 2.85. The number of carbonyl (C=O) groups is 2. The molecule has 1 aromatic heterocycles. The molecule has 9 heteroatoms. The molecule has 1 N–H and O–H groups in total. The Balaban J connectivity index is 1.44. The molecular weight excluding hydrogens is 379 g/mol. The summed E-state index contributed by atoms with van der Waals surface area (Å²) in [7, 11) is 0. The zero-order valence-corrected chi connectivity index (χ0v) is 15.2. The molecule has 144 valence electrons. The Labute approximate surface area is 158 Å². The highest BCUT2D eigenvalue weighted by Gasteiger charge is 2.23. The SMILES string of the molecule is O=C(NCCN1CCN(C(=O)c2cccs2)CC1)c1ccc(F)c(F)c1F. The number of carbonyl (C=O) groups excluding carboxylic acids is 2. The third-order valence-electron chi connectivity index (χ3n) is 4.38. The van der Waals surface area contributed by atoms with Gasteiger partial charge in [0, 0.05) is 39.3 Å². The van der Waals surface area contributed by atoms with Crippen LogP contribution < -0.4 is 5.32 Å². The van der Waals surface area contributed by atoms with E-state index in [-0.39, 0.29) is 12.5 Å². The number of hydrogen-bond donors (Lipinski definition) is 1. The maximum Gasteiger partial charge on any atom is 0.264 e. The lowest BCUT2D eigenvalue weighted by Crippen LogP contribution is -2.50. The van der Waals surface area contributed by atoms with Crippen LogP contribution in [0.4, 0.5) is 13.2 Å². The number of piperazine rings is 1. The lowest BCUT2D eigenvalue weighted by atomic mass is 10.2. The van der Waals surface area contributed by atoms with Crippen molar-refractivity contribution < 1.29 is 22.8 Å². The van der Waals surface area contributed by atoms with Crippen molar-refractivity contribution in [1.29, 1.82) is 0 Å². The van der Waals surface area contributed by atoms with Crippen LogP contribution >= 0.6 is 11.3 Å². The smallest absolute Gasteiger partial charge is 0.264 e. The summed E-state index contributed by atoms with van der Waals surface area (Å²) in [5.41, 5.74) is -0.528. The van der Waals surface area contributed by atoms with Gasteiger partial charge in [-0.25, -0.2) is 13.2 Å². The number of nitrogens with zero attached hydrogens (tertiary/aromatic N) is 2. The average molecular weight is 397 g/mol. The molecule has 3 rings (SSSR count). The van der Waals surface area contributed by atoms with E-state index in [0.717, 1.165) is 12.1 Å². The van der Waals surface area contributed by atoms with E-state index in [1.54, 1.807) is 11.0 Å². The molecule has 0 aliphatic carbocycles.